The normalized spacial score (nSPS) is 11.5. The number of alkyl halides is 3. The van der Waals surface area contributed by atoms with Gasteiger partial charge >= 0.3 is 11.7 Å². The van der Waals surface area contributed by atoms with E-state index in [0.29, 0.717) is 11.4 Å². The third-order valence-electron chi connectivity index (χ3n) is 4.15. The van der Waals surface area contributed by atoms with Gasteiger partial charge in [0.1, 0.15) is 11.4 Å². The number of ether oxygens (including phenoxy) is 1. The number of hydrogen-bond donors (Lipinski definition) is 0. The molecule has 0 radical (unpaired) electrons. The number of nitrogens with zero attached hydrogens (tertiary/aromatic N) is 4. The van der Waals surface area contributed by atoms with Crippen LogP contribution in [0.15, 0.2) is 82.7 Å². The Balaban J connectivity index is 1.86. The van der Waals surface area contributed by atoms with Crippen molar-refractivity contribution in [2.45, 2.75) is 6.18 Å². The topological polar surface area (TPSA) is 61.9 Å². The van der Waals surface area contributed by atoms with Gasteiger partial charge in [-0.05, 0) is 42.5 Å². The van der Waals surface area contributed by atoms with Crippen molar-refractivity contribution in [1.29, 1.82) is 0 Å². The van der Waals surface area contributed by atoms with E-state index in [-0.39, 0.29) is 11.4 Å². The molecule has 0 aliphatic heterocycles. The van der Waals surface area contributed by atoms with Crippen LogP contribution >= 0.6 is 15.9 Å². The van der Waals surface area contributed by atoms with Crippen LogP contribution in [-0.2, 0) is 6.18 Å². The van der Waals surface area contributed by atoms with Crippen molar-refractivity contribution in [2.75, 3.05) is 0 Å². The fourth-order valence-corrected chi connectivity index (χ4v) is 2.99. The monoisotopic (exact) mass is 476 g/mol. The van der Waals surface area contributed by atoms with Gasteiger partial charge in [0.25, 0.3) is 0 Å². The second-order valence-electron chi connectivity index (χ2n) is 6.15. The highest BCUT2D eigenvalue weighted by Gasteiger charge is 2.31. The molecule has 0 amide bonds. The van der Waals surface area contributed by atoms with Crippen LogP contribution in [0.5, 0.6) is 11.5 Å². The molecular formula is C20H12BrF3N4O2. The summed E-state index contributed by atoms with van der Waals surface area (Å²) < 4.78 is 48.3. The van der Waals surface area contributed by atoms with E-state index in [1.54, 1.807) is 30.5 Å². The lowest BCUT2D eigenvalue weighted by atomic mass is 10.2. The quantitative estimate of drug-likeness (QED) is 0.416. The van der Waals surface area contributed by atoms with Crippen molar-refractivity contribution in [2.24, 2.45) is 0 Å². The van der Waals surface area contributed by atoms with Gasteiger partial charge in [-0.1, -0.05) is 22.0 Å². The molecule has 4 rings (SSSR count). The van der Waals surface area contributed by atoms with Crippen molar-refractivity contribution < 1.29 is 17.9 Å². The van der Waals surface area contributed by atoms with E-state index in [4.69, 9.17) is 4.74 Å². The van der Waals surface area contributed by atoms with Crippen LogP contribution in [0.3, 0.4) is 0 Å². The SMILES string of the molecule is O=c1c(Oc2ccc(Br)cc2)c(-n2ccnc2)cnn1-c1cccc(C(F)(F)F)c1. The number of halogens is 4. The molecule has 4 aromatic rings. The Hall–Kier alpha value is -3.40. The summed E-state index contributed by atoms with van der Waals surface area (Å²) in [6.07, 6.45) is 1.35. The zero-order chi connectivity index (χ0) is 21.3. The fraction of sp³-hybridized carbons (Fsp3) is 0.0500. The van der Waals surface area contributed by atoms with Gasteiger partial charge in [-0.2, -0.15) is 23.0 Å². The largest absolute Gasteiger partial charge is 0.449 e. The molecule has 0 aliphatic rings. The molecule has 0 bridgehead atoms. The lowest BCUT2D eigenvalue weighted by Gasteiger charge is -2.14. The predicted molar refractivity (Wildman–Crippen MR) is 106 cm³/mol. The van der Waals surface area contributed by atoms with Crippen LogP contribution in [0, 0.1) is 0 Å². The van der Waals surface area contributed by atoms with Crippen LogP contribution in [-0.4, -0.2) is 19.3 Å². The summed E-state index contributed by atoms with van der Waals surface area (Å²) in [6, 6.07) is 11.1. The molecule has 0 spiro atoms. The van der Waals surface area contributed by atoms with E-state index in [0.717, 1.165) is 21.3 Å². The Bertz CT molecular complexity index is 1240. The number of hydrogen-bond acceptors (Lipinski definition) is 4. The van der Waals surface area contributed by atoms with E-state index < -0.39 is 17.3 Å². The van der Waals surface area contributed by atoms with Crippen LogP contribution in [0.2, 0.25) is 0 Å². The maximum Gasteiger partial charge on any atom is 0.416 e. The lowest BCUT2D eigenvalue weighted by molar-refractivity contribution is -0.137. The van der Waals surface area contributed by atoms with Gasteiger partial charge in [0.2, 0.25) is 5.75 Å². The molecular weight excluding hydrogens is 465 g/mol. The van der Waals surface area contributed by atoms with Crippen molar-refractivity contribution in [1.82, 2.24) is 19.3 Å². The average Bonchev–Trinajstić information content (AvgIpc) is 3.25. The Morgan fingerprint density at radius 2 is 1.83 bits per heavy atom. The minimum atomic E-state index is -4.55. The summed E-state index contributed by atoms with van der Waals surface area (Å²) in [5, 5.41) is 4.04. The van der Waals surface area contributed by atoms with Crippen LogP contribution in [0.4, 0.5) is 13.2 Å². The van der Waals surface area contributed by atoms with Crippen LogP contribution < -0.4 is 10.3 Å². The summed E-state index contributed by atoms with van der Waals surface area (Å²) in [5.41, 5.74) is -1.34. The van der Waals surface area contributed by atoms with E-state index in [1.165, 1.54) is 35.4 Å². The highest BCUT2D eigenvalue weighted by atomic mass is 79.9. The third-order valence-corrected chi connectivity index (χ3v) is 4.68. The molecule has 10 heteroatoms. The van der Waals surface area contributed by atoms with Crippen molar-refractivity contribution >= 4 is 15.9 Å². The molecule has 2 heterocycles. The third kappa shape index (κ3) is 3.99. The van der Waals surface area contributed by atoms with Crippen molar-refractivity contribution in [3.63, 3.8) is 0 Å². The predicted octanol–water partition coefficient (Wildman–Crippen LogP) is 4.99. The number of benzene rings is 2. The first-order valence-corrected chi connectivity index (χ1v) is 9.34. The molecule has 0 fully saturated rings. The molecule has 0 aliphatic carbocycles. The molecule has 30 heavy (non-hydrogen) atoms. The summed E-state index contributed by atoms with van der Waals surface area (Å²) in [7, 11) is 0. The van der Waals surface area contributed by atoms with Gasteiger partial charge in [0.15, 0.2) is 0 Å². The molecule has 152 valence electrons. The standard InChI is InChI=1S/C20H12BrF3N4O2/c21-14-4-6-16(7-5-14)30-18-17(27-9-8-25-12-27)11-26-28(19(18)29)15-3-1-2-13(10-15)20(22,23)24/h1-12H. The van der Waals surface area contributed by atoms with E-state index in [9.17, 15) is 18.0 Å². The number of rotatable bonds is 4. The van der Waals surface area contributed by atoms with Crippen molar-refractivity contribution in [3.8, 4) is 22.9 Å². The molecule has 6 nitrogen and oxygen atoms in total. The van der Waals surface area contributed by atoms with E-state index in [1.807, 2.05) is 0 Å². The first-order valence-electron chi connectivity index (χ1n) is 8.54. The maximum atomic E-state index is 13.2. The highest BCUT2D eigenvalue weighted by Crippen LogP contribution is 2.30. The summed E-state index contributed by atoms with van der Waals surface area (Å²) in [4.78, 5) is 17.1. The summed E-state index contributed by atoms with van der Waals surface area (Å²) >= 11 is 3.32. The Morgan fingerprint density at radius 3 is 2.50 bits per heavy atom. The maximum absolute atomic E-state index is 13.2. The van der Waals surface area contributed by atoms with E-state index >= 15 is 0 Å². The molecule has 2 aromatic heterocycles. The summed E-state index contributed by atoms with van der Waals surface area (Å²) in [6.45, 7) is 0. The second kappa shape index (κ2) is 7.79. The minimum Gasteiger partial charge on any atom is -0.449 e. The fourth-order valence-electron chi connectivity index (χ4n) is 2.73. The van der Waals surface area contributed by atoms with Gasteiger partial charge in [0, 0.05) is 16.9 Å². The number of imidazole rings is 1. The van der Waals surface area contributed by atoms with Gasteiger partial charge in [-0.3, -0.25) is 4.79 Å². The van der Waals surface area contributed by atoms with Crippen LogP contribution in [0.1, 0.15) is 5.56 Å². The molecule has 2 aromatic carbocycles. The Labute approximate surface area is 176 Å². The number of aromatic nitrogens is 4. The molecule has 0 saturated heterocycles. The minimum absolute atomic E-state index is 0.0346. The first kappa shape index (κ1) is 19.9. The zero-order valence-corrected chi connectivity index (χ0v) is 16.6. The van der Waals surface area contributed by atoms with Crippen LogP contribution in [0.25, 0.3) is 11.4 Å². The Morgan fingerprint density at radius 1 is 1.07 bits per heavy atom. The first-order chi connectivity index (χ1) is 14.3. The molecule has 0 saturated carbocycles. The second-order valence-corrected chi connectivity index (χ2v) is 7.07. The average molecular weight is 477 g/mol. The zero-order valence-electron chi connectivity index (χ0n) is 15.0. The summed E-state index contributed by atoms with van der Waals surface area (Å²) in [5.74, 6) is 0.265. The van der Waals surface area contributed by atoms with Gasteiger partial charge in [0.05, 0.1) is 23.8 Å². The van der Waals surface area contributed by atoms with Gasteiger partial charge in [-0.25, -0.2) is 4.98 Å². The Kier molecular flexibility index (Phi) is 5.17. The van der Waals surface area contributed by atoms with Gasteiger partial charge < -0.3 is 9.30 Å². The molecule has 0 atom stereocenters. The van der Waals surface area contributed by atoms with E-state index in [2.05, 4.69) is 26.0 Å². The smallest absolute Gasteiger partial charge is 0.416 e. The van der Waals surface area contributed by atoms with Crippen molar-refractivity contribution in [3.05, 3.63) is 93.8 Å². The lowest BCUT2D eigenvalue weighted by Crippen LogP contribution is -2.24. The van der Waals surface area contributed by atoms with Gasteiger partial charge in [-0.15, -0.1) is 0 Å². The molecule has 0 unspecified atom stereocenters. The molecule has 0 N–H and O–H groups in total. The highest BCUT2D eigenvalue weighted by molar-refractivity contribution is 9.10.